The lowest BCUT2D eigenvalue weighted by Gasteiger charge is -2.34. The van der Waals surface area contributed by atoms with Crippen molar-refractivity contribution >= 4 is 39.8 Å². The maximum Gasteiger partial charge on any atom is 0.276 e. The zero-order chi connectivity index (χ0) is 22.3. The van der Waals surface area contributed by atoms with Gasteiger partial charge >= 0.3 is 0 Å². The van der Waals surface area contributed by atoms with Crippen LogP contribution in [0.2, 0.25) is 0 Å². The van der Waals surface area contributed by atoms with Crippen LogP contribution in [0.1, 0.15) is 12.6 Å². The minimum atomic E-state index is -0.664. The summed E-state index contributed by atoms with van der Waals surface area (Å²) in [4.78, 5) is 33.2. The fourth-order valence-electron chi connectivity index (χ4n) is 2.15. The van der Waals surface area contributed by atoms with Crippen LogP contribution in [0.15, 0.2) is 34.3 Å². The second-order valence-corrected chi connectivity index (χ2v) is 6.94. The minimum Gasteiger partial charge on any atom is -0.476 e. The van der Waals surface area contributed by atoms with E-state index in [1.807, 2.05) is 0 Å². The Morgan fingerprint density at radius 1 is 1.40 bits per heavy atom. The molecule has 11 N–H and O–H groups in total. The summed E-state index contributed by atoms with van der Waals surface area (Å²) >= 11 is 1.13. The van der Waals surface area contributed by atoms with Gasteiger partial charge < -0.3 is 43.1 Å². The molecule has 0 aliphatic carbocycles. The highest BCUT2D eigenvalue weighted by Gasteiger charge is 2.38. The second-order valence-electron chi connectivity index (χ2n) is 6.05. The quantitative estimate of drug-likeness (QED) is 0.0409. The normalized spacial score (nSPS) is 19.5. The van der Waals surface area contributed by atoms with Gasteiger partial charge in [0.15, 0.2) is 23.3 Å². The number of carbonyl (C=O) groups is 2. The Morgan fingerprint density at radius 3 is 2.70 bits per heavy atom. The number of nitrogen functional groups attached to an aromatic ring is 1. The lowest BCUT2D eigenvalue weighted by molar-refractivity contribution is -0.134. The van der Waals surface area contributed by atoms with Crippen molar-refractivity contribution in [3.8, 4) is 0 Å². The van der Waals surface area contributed by atoms with Crippen LogP contribution < -0.4 is 33.6 Å². The van der Waals surface area contributed by atoms with Gasteiger partial charge in [0.1, 0.15) is 24.2 Å². The average molecular weight is 437 g/mol. The lowest BCUT2D eigenvalue weighted by atomic mass is 10.0. The van der Waals surface area contributed by atoms with Crippen molar-refractivity contribution in [3.63, 3.8) is 0 Å². The Bertz CT molecular complexity index is 908. The molecule has 14 heteroatoms. The van der Waals surface area contributed by atoms with Gasteiger partial charge in [0, 0.05) is 5.38 Å². The molecule has 0 radical (unpaired) electrons. The highest BCUT2D eigenvalue weighted by Crippen LogP contribution is 2.13. The molecule has 2 heterocycles. The summed E-state index contributed by atoms with van der Waals surface area (Å²) in [6.07, 6.45) is 2.66. The first-order chi connectivity index (χ1) is 14.2. The molecule has 1 aromatic rings. The van der Waals surface area contributed by atoms with Crippen LogP contribution in [0, 0.1) is 5.41 Å². The molecule has 13 nitrogen and oxygen atoms in total. The number of anilines is 1. The maximum absolute atomic E-state index is 12.5. The Hall–Kier alpha value is -3.81. The van der Waals surface area contributed by atoms with Crippen LogP contribution in [-0.2, 0) is 19.2 Å². The van der Waals surface area contributed by atoms with E-state index < -0.39 is 11.9 Å². The molecule has 0 aromatic carbocycles. The maximum atomic E-state index is 12.5. The smallest absolute Gasteiger partial charge is 0.276 e. The standard InChI is InChI=1S/C16H23N9O4S/c1-7-11(14(26)22-7)24-15(27)12(9-6-30-16(21)23-9)25-29-5-4-28-10(18)3-2-8(17)13(19)20/h2-3,6-7,11H,4-5,17-18H2,1H3,(H3,19,20)(H2,21,23)(H,22,26)(H,24,27)/b8-2-,10-3+,25-12-/t7-,11-/m0/s1. The number of nitrogens with zero attached hydrogens (tertiary/aromatic N) is 2. The van der Waals surface area contributed by atoms with Crippen molar-refractivity contribution in [1.29, 1.82) is 5.41 Å². The molecule has 2 atom stereocenters. The third-order valence-corrected chi connectivity index (χ3v) is 4.43. The van der Waals surface area contributed by atoms with Crippen molar-refractivity contribution in [2.45, 2.75) is 19.0 Å². The van der Waals surface area contributed by atoms with Gasteiger partial charge in [0.2, 0.25) is 5.91 Å². The summed E-state index contributed by atoms with van der Waals surface area (Å²) in [5, 5.41) is 17.9. The van der Waals surface area contributed by atoms with Gasteiger partial charge in [-0.2, -0.15) is 0 Å². The number of amidine groups is 1. The third-order valence-electron chi connectivity index (χ3n) is 3.76. The third kappa shape index (κ3) is 6.10. The highest BCUT2D eigenvalue weighted by molar-refractivity contribution is 7.13. The number of ether oxygens (including phenoxy) is 1. The fraction of sp³-hybridized carbons (Fsp3) is 0.312. The SMILES string of the molecule is C[C@@H]1NC(=O)[C@H]1NC(=O)/C(=N\OCCO/C(N)=C/C=C(\N)C(=N)N)c1csc(N)n1. The van der Waals surface area contributed by atoms with Crippen molar-refractivity contribution in [3.05, 3.63) is 34.8 Å². The Labute approximate surface area is 175 Å². The number of thiazole rings is 1. The number of rotatable bonds is 10. The van der Waals surface area contributed by atoms with Crippen molar-refractivity contribution in [1.82, 2.24) is 15.6 Å². The first-order valence-electron chi connectivity index (χ1n) is 8.61. The molecule has 0 saturated carbocycles. The van der Waals surface area contributed by atoms with Gasteiger partial charge in [-0.05, 0) is 19.1 Å². The molecule has 0 bridgehead atoms. The van der Waals surface area contributed by atoms with Gasteiger partial charge in [0.25, 0.3) is 5.91 Å². The van der Waals surface area contributed by atoms with Crippen molar-refractivity contribution < 1.29 is 19.2 Å². The van der Waals surface area contributed by atoms with Gasteiger partial charge in [0.05, 0.1) is 11.7 Å². The van der Waals surface area contributed by atoms with E-state index >= 15 is 0 Å². The first-order valence-corrected chi connectivity index (χ1v) is 9.49. The molecule has 2 rings (SSSR count). The number of hydrogen-bond donors (Lipinski definition) is 7. The van der Waals surface area contributed by atoms with Crippen LogP contribution in [0.5, 0.6) is 0 Å². The number of hydrogen-bond acceptors (Lipinski definition) is 11. The van der Waals surface area contributed by atoms with Crippen LogP contribution >= 0.6 is 11.3 Å². The first kappa shape index (κ1) is 22.5. The molecule has 1 aliphatic heterocycles. The molecular weight excluding hydrogens is 414 g/mol. The molecule has 1 saturated heterocycles. The number of nitrogens with one attached hydrogen (secondary N) is 3. The van der Waals surface area contributed by atoms with E-state index in [1.54, 1.807) is 12.3 Å². The minimum absolute atomic E-state index is 0.00974. The molecule has 2 amide bonds. The Balaban J connectivity index is 1.94. The number of carbonyl (C=O) groups excluding carboxylic acids is 2. The number of oxime groups is 1. The molecule has 162 valence electrons. The second kappa shape index (κ2) is 10.1. The van der Waals surface area contributed by atoms with Gasteiger partial charge in [-0.25, -0.2) is 4.98 Å². The van der Waals surface area contributed by atoms with Crippen LogP contribution in [0.4, 0.5) is 5.13 Å². The predicted octanol–water partition coefficient (Wildman–Crippen LogP) is -1.96. The van der Waals surface area contributed by atoms with E-state index in [-0.39, 0.29) is 59.1 Å². The number of nitrogens with two attached hydrogens (primary N) is 4. The van der Waals surface area contributed by atoms with E-state index in [9.17, 15) is 9.59 Å². The number of β-lactam (4-membered cyclic amide) rings is 1. The average Bonchev–Trinajstić information content (AvgIpc) is 3.12. The van der Waals surface area contributed by atoms with E-state index in [0.717, 1.165) is 11.3 Å². The van der Waals surface area contributed by atoms with E-state index in [2.05, 4.69) is 20.8 Å². The van der Waals surface area contributed by atoms with Crippen molar-refractivity contribution in [2.75, 3.05) is 18.9 Å². The number of amides is 2. The number of aromatic nitrogens is 1. The van der Waals surface area contributed by atoms with E-state index in [0.29, 0.717) is 0 Å². The van der Waals surface area contributed by atoms with Crippen molar-refractivity contribution in [2.24, 2.45) is 22.4 Å². The Morgan fingerprint density at radius 2 is 2.13 bits per heavy atom. The molecule has 1 fully saturated rings. The lowest BCUT2D eigenvalue weighted by Crippen LogP contribution is -2.68. The van der Waals surface area contributed by atoms with Crippen LogP contribution in [0.25, 0.3) is 0 Å². The van der Waals surface area contributed by atoms with Crippen LogP contribution in [0.3, 0.4) is 0 Å². The predicted molar refractivity (Wildman–Crippen MR) is 111 cm³/mol. The largest absolute Gasteiger partial charge is 0.476 e. The molecule has 30 heavy (non-hydrogen) atoms. The topological polar surface area (TPSA) is 230 Å². The Kier molecular flexibility index (Phi) is 7.57. The van der Waals surface area contributed by atoms with Gasteiger partial charge in [-0.1, -0.05) is 5.16 Å². The summed E-state index contributed by atoms with van der Waals surface area (Å²) in [7, 11) is 0. The van der Waals surface area contributed by atoms with Gasteiger partial charge in [-0.3, -0.25) is 15.0 Å². The summed E-state index contributed by atoms with van der Waals surface area (Å²) < 4.78 is 5.19. The van der Waals surface area contributed by atoms with E-state index in [4.69, 9.17) is 37.9 Å². The zero-order valence-corrected chi connectivity index (χ0v) is 16.9. The van der Waals surface area contributed by atoms with E-state index in [1.165, 1.54) is 12.2 Å². The summed E-state index contributed by atoms with van der Waals surface area (Å²) in [6.45, 7) is 1.72. The molecule has 0 spiro atoms. The summed E-state index contributed by atoms with van der Waals surface area (Å²) in [5.41, 5.74) is 22.0. The van der Waals surface area contributed by atoms with Crippen LogP contribution in [-0.4, -0.2) is 53.6 Å². The zero-order valence-electron chi connectivity index (χ0n) is 16.0. The number of allylic oxidation sites excluding steroid dienone is 2. The summed E-state index contributed by atoms with van der Waals surface area (Å²) in [6, 6.07) is -0.860. The fourth-order valence-corrected chi connectivity index (χ4v) is 2.69. The molecule has 1 aliphatic rings. The molecular formula is C16H23N9O4S. The monoisotopic (exact) mass is 437 g/mol. The molecule has 0 unspecified atom stereocenters. The molecule has 1 aromatic heterocycles. The summed E-state index contributed by atoms with van der Waals surface area (Å²) in [5.74, 6) is -1.19. The highest BCUT2D eigenvalue weighted by atomic mass is 32.1. The van der Waals surface area contributed by atoms with Gasteiger partial charge in [-0.15, -0.1) is 11.3 Å².